The predicted octanol–water partition coefficient (Wildman–Crippen LogP) is 2.93. The smallest absolute Gasteiger partial charge is 0.225 e. The van der Waals surface area contributed by atoms with E-state index >= 15 is 0 Å². The fourth-order valence-electron chi connectivity index (χ4n) is 2.45. The zero-order chi connectivity index (χ0) is 12.4. The van der Waals surface area contributed by atoms with Crippen LogP contribution < -0.4 is 0 Å². The van der Waals surface area contributed by atoms with Gasteiger partial charge < -0.3 is 4.90 Å². The van der Waals surface area contributed by atoms with Gasteiger partial charge in [0, 0.05) is 24.9 Å². The Morgan fingerprint density at radius 3 is 2.53 bits per heavy atom. The molecule has 0 aromatic rings. The first-order chi connectivity index (χ1) is 8.11. The fourth-order valence-corrected chi connectivity index (χ4v) is 2.45. The summed E-state index contributed by atoms with van der Waals surface area (Å²) in [4.78, 5) is 14.0. The summed E-state index contributed by atoms with van der Waals surface area (Å²) in [6, 6.07) is 0. The van der Waals surface area contributed by atoms with Gasteiger partial charge in [0.2, 0.25) is 5.91 Å². The molecule has 2 fully saturated rings. The third kappa shape index (κ3) is 2.87. The van der Waals surface area contributed by atoms with Gasteiger partial charge in [0.05, 0.1) is 0 Å². The maximum atomic E-state index is 11.9. The minimum Gasteiger partial charge on any atom is -0.342 e. The van der Waals surface area contributed by atoms with Crippen LogP contribution in [0.15, 0.2) is 36.5 Å². The Labute approximate surface area is 104 Å². The Balaban J connectivity index is 1.98. The lowest BCUT2D eigenvalue weighted by Crippen LogP contribution is -2.30. The summed E-state index contributed by atoms with van der Waals surface area (Å²) >= 11 is 0. The summed E-state index contributed by atoms with van der Waals surface area (Å²) in [6.07, 6.45) is 7.24. The van der Waals surface area contributed by atoms with Crippen molar-refractivity contribution in [1.29, 1.82) is 0 Å². The van der Waals surface area contributed by atoms with E-state index in [-0.39, 0.29) is 0 Å². The minimum atomic E-state index is 0.339. The number of carbonyl (C=O) groups excluding carboxylic acids is 1. The zero-order valence-electron chi connectivity index (χ0n) is 10.6. The molecular formula is C15H21NO. The molecule has 1 saturated heterocycles. The summed E-state index contributed by atoms with van der Waals surface area (Å²) in [5.74, 6) is 1.16. The molecule has 0 radical (unpaired) electrons. The Bertz CT molecular complexity index is 376. The summed E-state index contributed by atoms with van der Waals surface area (Å²) in [5, 5.41) is 0. The highest BCUT2D eigenvalue weighted by molar-refractivity contribution is 5.81. The molecule has 17 heavy (non-hydrogen) atoms. The van der Waals surface area contributed by atoms with Gasteiger partial charge in [-0.05, 0) is 31.8 Å². The lowest BCUT2D eigenvalue weighted by molar-refractivity contribution is -0.131. The number of rotatable bonds is 4. The van der Waals surface area contributed by atoms with Gasteiger partial charge in [0.1, 0.15) is 0 Å². The van der Waals surface area contributed by atoms with Crippen molar-refractivity contribution in [2.75, 3.05) is 13.1 Å². The molecule has 1 heterocycles. The molecule has 1 aliphatic carbocycles. The average molecular weight is 231 g/mol. The van der Waals surface area contributed by atoms with Crippen LogP contribution in [0.3, 0.4) is 0 Å². The molecule has 2 heteroatoms. The summed E-state index contributed by atoms with van der Waals surface area (Å²) < 4.78 is 0. The van der Waals surface area contributed by atoms with Crippen molar-refractivity contribution in [1.82, 2.24) is 4.90 Å². The SMILES string of the molecule is C=C/C(=C\C(=C)C)C1CCN(C(=O)C2CC2)C1. The van der Waals surface area contributed by atoms with Gasteiger partial charge in [-0.25, -0.2) is 0 Å². The number of allylic oxidation sites excluding steroid dienone is 3. The van der Waals surface area contributed by atoms with Crippen LogP contribution in [0.25, 0.3) is 0 Å². The molecule has 2 nitrogen and oxygen atoms in total. The van der Waals surface area contributed by atoms with Gasteiger partial charge in [0.25, 0.3) is 0 Å². The van der Waals surface area contributed by atoms with Crippen LogP contribution >= 0.6 is 0 Å². The number of nitrogens with zero attached hydrogens (tertiary/aromatic N) is 1. The van der Waals surface area contributed by atoms with Crippen molar-refractivity contribution in [3.8, 4) is 0 Å². The zero-order valence-corrected chi connectivity index (χ0v) is 10.6. The van der Waals surface area contributed by atoms with Crippen LogP contribution in [0.1, 0.15) is 26.2 Å². The molecule has 0 spiro atoms. The Kier molecular flexibility index (Phi) is 3.51. The second kappa shape index (κ2) is 4.91. The average Bonchev–Trinajstić information content (AvgIpc) is 3.03. The second-order valence-electron chi connectivity index (χ2n) is 5.24. The topological polar surface area (TPSA) is 20.3 Å². The van der Waals surface area contributed by atoms with Gasteiger partial charge in [-0.2, -0.15) is 0 Å². The maximum Gasteiger partial charge on any atom is 0.225 e. The van der Waals surface area contributed by atoms with E-state index in [1.165, 1.54) is 5.57 Å². The van der Waals surface area contributed by atoms with Gasteiger partial charge in [0.15, 0.2) is 0 Å². The Morgan fingerprint density at radius 2 is 2.00 bits per heavy atom. The molecule has 92 valence electrons. The highest BCUT2D eigenvalue weighted by Gasteiger charge is 2.36. The van der Waals surface area contributed by atoms with Crippen molar-refractivity contribution in [3.05, 3.63) is 36.5 Å². The summed E-state index contributed by atoms with van der Waals surface area (Å²) in [6.45, 7) is 11.5. The molecular weight excluding hydrogens is 210 g/mol. The fraction of sp³-hybridized carbons (Fsp3) is 0.533. The third-order valence-corrected chi connectivity index (χ3v) is 3.55. The van der Waals surface area contributed by atoms with Crippen molar-refractivity contribution < 1.29 is 4.79 Å². The molecule has 1 unspecified atom stereocenters. The Hall–Kier alpha value is -1.31. The summed E-state index contributed by atoms with van der Waals surface area (Å²) in [5.41, 5.74) is 2.27. The first-order valence-corrected chi connectivity index (χ1v) is 6.40. The third-order valence-electron chi connectivity index (χ3n) is 3.55. The first kappa shape index (κ1) is 12.2. The Morgan fingerprint density at radius 1 is 1.29 bits per heavy atom. The van der Waals surface area contributed by atoms with Crippen LogP contribution in [0.4, 0.5) is 0 Å². The van der Waals surface area contributed by atoms with Gasteiger partial charge in [-0.1, -0.05) is 30.9 Å². The number of amides is 1. The van der Waals surface area contributed by atoms with E-state index in [0.717, 1.165) is 37.9 Å². The van der Waals surface area contributed by atoms with E-state index in [1.54, 1.807) is 0 Å². The highest BCUT2D eigenvalue weighted by atomic mass is 16.2. The quantitative estimate of drug-likeness (QED) is 0.681. The molecule has 0 N–H and O–H groups in total. The molecule has 1 saturated carbocycles. The van der Waals surface area contributed by atoms with E-state index in [2.05, 4.69) is 19.2 Å². The van der Waals surface area contributed by atoms with Crippen molar-refractivity contribution in [3.63, 3.8) is 0 Å². The number of hydrogen-bond donors (Lipinski definition) is 0. The molecule has 1 aliphatic heterocycles. The highest BCUT2D eigenvalue weighted by Crippen LogP contribution is 2.34. The number of carbonyl (C=O) groups is 1. The maximum absolute atomic E-state index is 11.9. The first-order valence-electron chi connectivity index (χ1n) is 6.40. The molecule has 2 aliphatic rings. The van der Waals surface area contributed by atoms with E-state index < -0.39 is 0 Å². The summed E-state index contributed by atoms with van der Waals surface area (Å²) in [7, 11) is 0. The van der Waals surface area contributed by atoms with Crippen LogP contribution in [0.5, 0.6) is 0 Å². The van der Waals surface area contributed by atoms with Gasteiger partial charge >= 0.3 is 0 Å². The second-order valence-corrected chi connectivity index (χ2v) is 5.24. The largest absolute Gasteiger partial charge is 0.342 e. The lowest BCUT2D eigenvalue weighted by atomic mass is 9.96. The normalized spacial score (nSPS) is 24.9. The van der Waals surface area contributed by atoms with Crippen molar-refractivity contribution >= 4 is 5.91 Å². The van der Waals surface area contributed by atoms with Crippen molar-refractivity contribution in [2.24, 2.45) is 11.8 Å². The molecule has 2 rings (SSSR count). The number of likely N-dealkylation sites (tertiary alicyclic amines) is 1. The van der Waals surface area contributed by atoms with Crippen LogP contribution in [-0.4, -0.2) is 23.9 Å². The van der Waals surface area contributed by atoms with Gasteiger partial charge in [-0.15, -0.1) is 0 Å². The number of hydrogen-bond acceptors (Lipinski definition) is 1. The molecule has 1 atom stereocenters. The van der Waals surface area contributed by atoms with Crippen LogP contribution in [-0.2, 0) is 4.79 Å². The molecule has 0 bridgehead atoms. The standard InChI is InChI=1S/C15H21NO/c1-4-12(9-11(2)3)14-7-8-16(10-14)15(17)13-5-6-13/h4,9,13-14H,1-2,5-8,10H2,3H3/b12-9+. The van der Waals surface area contributed by atoms with Crippen LogP contribution in [0, 0.1) is 11.8 Å². The van der Waals surface area contributed by atoms with E-state index in [1.807, 2.05) is 17.9 Å². The van der Waals surface area contributed by atoms with E-state index in [9.17, 15) is 4.79 Å². The lowest BCUT2D eigenvalue weighted by Gasteiger charge is -2.16. The predicted molar refractivity (Wildman–Crippen MR) is 70.5 cm³/mol. The molecule has 0 aromatic carbocycles. The van der Waals surface area contributed by atoms with Gasteiger partial charge in [-0.3, -0.25) is 4.79 Å². The van der Waals surface area contributed by atoms with Crippen LogP contribution in [0.2, 0.25) is 0 Å². The van der Waals surface area contributed by atoms with E-state index in [4.69, 9.17) is 0 Å². The van der Waals surface area contributed by atoms with Crippen molar-refractivity contribution in [2.45, 2.75) is 26.2 Å². The van der Waals surface area contributed by atoms with E-state index in [0.29, 0.717) is 17.7 Å². The minimum absolute atomic E-state index is 0.339. The molecule has 1 amide bonds. The molecule has 0 aromatic heterocycles. The monoisotopic (exact) mass is 231 g/mol.